The van der Waals surface area contributed by atoms with Gasteiger partial charge in [-0.2, -0.15) is 0 Å². The van der Waals surface area contributed by atoms with Gasteiger partial charge in [0.2, 0.25) is 0 Å². The Labute approximate surface area is 132 Å². The smallest absolute Gasteiger partial charge is 0.307 e. The first-order valence-electron chi connectivity index (χ1n) is 8.25. The Kier molecular flexibility index (Phi) is 3.59. The molecule has 2 fully saturated rings. The maximum Gasteiger partial charge on any atom is 0.307 e. The highest BCUT2D eigenvalue weighted by Crippen LogP contribution is 2.71. The molecule has 120 valence electrons. The predicted octanol–water partition coefficient (Wildman–Crippen LogP) is 3.88. The number of hydrogen-bond acceptors (Lipinski definition) is 2. The average molecular weight is 302 g/mol. The molecule has 0 amide bonds. The van der Waals surface area contributed by atoms with Crippen LogP contribution in [0.2, 0.25) is 0 Å². The van der Waals surface area contributed by atoms with E-state index in [-0.39, 0.29) is 22.7 Å². The van der Waals surface area contributed by atoms with E-state index in [0.29, 0.717) is 12.3 Å². The molecule has 5 unspecified atom stereocenters. The van der Waals surface area contributed by atoms with Gasteiger partial charge >= 0.3 is 5.97 Å². The van der Waals surface area contributed by atoms with Crippen LogP contribution in [0.4, 0.5) is 0 Å². The second kappa shape index (κ2) is 5.09. The highest BCUT2D eigenvalue weighted by Gasteiger charge is 2.68. The summed E-state index contributed by atoms with van der Waals surface area (Å²) in [5.74, 6) is -0.596. The van der Waals surface area contributed by atoms with Crippen molar-refractivity contribution in [3.8, 4) is 0 Å². The van der Waals surface area contributed by atoms with Gasteiger partial charge in [-0.15, -0.1) is 0 Å². The predicted molar refractivity (Wildman–Crippen MR) is 85.2 cm³/mol. The number of carbonyl (C=O) groups is 1. The number of aliphatic hydroxyl groups excluding tert-OH is 1. The highest BCUT2D eigenvalue weighted by molar-refractivity contribution is 5.73. The van der Waals surface area contributed by atoms with Crippen molar-refractivity contribution < 1.29 is 15.0 Å². The number of carboxylic acids is 1. The van der Waals surface area contributed by atoms with Gasteiger partial charge in [-0.05, 0) is 47.5 Å². The van der Waals surface area contributed by atoms with Crippen molar-refractivity contribution in [3.63, 3.8) is 0 Å². The molecule has 5 atom stereocenters. The molecule has 2 bridgehead atoms. The minimum Gasteiger partial charge on any atom is -0.481 e. The normalized spacial score (nSPS) is 37.2. The lowest BCUT2D eigenvalue weighted by molar-refractivity contribution is -0.149. The van der Waals surface area contributed by atoms with Gasteiger partial charge in [0.25, 0.3) is 0 Å². The zero-order chi connectivity index (χ0) is 16.1. The van der Waals surface area contributed by atoms with E-state index in [0.717, 1.165) is 18.4 Å². The first kappa shape index (κ1) is 15.5. The number of benzene rings is 1. The summed E-state index contributed by atoms with van der Waals surface area (Å²) in [6.45, 7) is 6.58. The fraction of sp³-hybridized carbons (Fsp3) is 0.632. The minimum atomic E-state index is -0.692. The van der Waals surface area contributed by atoms with Crippen molar-refractivity contribution >= 4 is 5.97 Å². The molecule has 0 spiro atoms. The standard InChI is InChI=1S/C19H26O3/c1-18(2)14-9-10-19(18,3)16(17(21)22)13(14)11-15(20)12-7-5-4-6-8-12/h4-8,13-16,20H,9-11H2,1-3H3,(H,21,22). The topological polar surface area (TPSA) is 57.5 Å². The highest BCUT2D eigenvalue weighted by atomic mass is 16.4. The van der Waals surface area contributed by atoms with Crippen LogP contribution < -0.4 is 0 Å². The Hall–Kier alpha value is -1.35. The third kappa shape index (κ3) is 2.02. The van der Waals surface area contributed by atoms with Crippen LogP contribution in [0.3, 0.4) is 0 Å². The number of rotatable bonds is 4. The largest absolute Gasteiger partial charge is 0.481 e. The van der Waals surface area contributed by atoms with Crippen LogP contribution in [0, 0.1) is 28.6 Å². The molecule has 0 radical (unpaired) electrons. The zero-order valence-electron chi connectivity index (χ0n) is 13.6. The molecular formula is C19H26O3. The molecule has 2 aliphatic rings. The summed E-state index contributed by atoms with van der Waals surface area (Å²) in [4.78, 5) is 11.9. The summed E-state index contributed by atoms with van der Waals surface area (Å²) in [5, 5.41) is 20.4. The van der Waals surface area contributed by atoms with E-state index in [9.17, 15) is 15.0 Å². The van der Waals surface area contributed by atoms with Gasteiger partial charge in [0.1, 0.15) is 0 Å². The monoisotopic (exact) mass is 302 g/mol. The number of aliphatic hydroxyl groups is 1. The molecule has 1 aromatic rings. The summed E-state index contributed by atoms with van der Waals surface area (Å²) < 4.78 is 0. The van der Waals surface area contributed by atoms with Crippen LogP contribution in [-0.2, 0) is 4.79 Å². The van der Waals surface area contributed by atoms with Crippen molar-refractivity contribution in [2.75, 3.05) is 0 Å². The molecule has 0 aliphatic heterocycles. The van der Waals surface area contributed by atoms with Gasteiger partial charge in [0.15, 0.2) is 0 Å². The summed E-state index contributed by atoms with van der Waals surface area (Å²) in [6.07, 6.45) is 2.04. The lowest BCUT2D eigenvalue weighted by atomic mass is 9.65. The van der Waals surface area contributed by atoms with Crippen LogP contribution in [0.1, 0.15) is 51.7 Å². The Morgan fingerprint density at radius 1 is 1.27 bits per heavy atom. The molecule has 0 heterocycles. The SMILES string of the molecule is CC1(C)C2CCC1(C)C(C(=O)O)C2CC(O)c1ccccc1. The first-order chi connectivity index (χ1) is 10.3. The molecule has 2 N–H and O–H groups in total. The van der Waals surface area contributed by atoms with E-state index in [1.54, 1.807) is 0 Å². The molecular weight excluding hydrogens is 276 g/mol. The van der Waals surface area contributed by atoms with Crippen molar-refractivity contribution in [2.45, 2.75) is 46.1 Å². The Morgan fingerprint density at radius 3 is 2.50 bits per heavy atom. The van der Waals surface area contributed by atoms with Crippen molar-refractivity contribution in [1.82, 2.24) is 0 Å². The fourth-order valence-corrected chi connectivity index (χ4v) is 5.40. The van der Waals surface area contributed by atoms with Gasteiger partial charge < -0.3 is 10.2 Å². The summed E-state index contributed by atoms with van der Waals surface area (Å²) in [6, 6.07) is 9.59. The van der Waals surface area contributed by atoms with Crippen LogP contribution in [0.15, 0.2) is 30.3 Å². The molecule has 1 aromatic carbocycles. The van der Waals surface area contributed by atoms with Gasteiger partial charge in [0, 0.05) is 0 Å². The van der Waals surface area contributed by atoms with Crippen LogP contribution in [0.5, 0.6) is 0 Å². The summed E-state index contributed by atoms with van der Waals surface area (Å²) in [7, 11) is 0. The number of fused-ring (bicyclic) bond motifs is 2. The van der Waals surface area contributed by atoms with Crippen LogP contribution in [-0.4, -0.2) is 16.2 Å². The molecule has 2 saturated carbocycles. The van der Waals surface area contributed by atoms with Crippen molar-refractivity contribution in [2.24, 2.45) is 28.6 Å². The molecule has 0 aromatic heterocycles. The van der Waals surface area contributed by atoms with E-state index in [1.165, 1.54) is 0 Å². The lowest BCUT2D eigenvalue weighted by Crippen LogP contribution is -2.38. The third-order valence-electron chi connectivity index (χ3n) is 6.95. The Balaban J connectivity index is 1.88. The number of aliphatic carboxylic acids is 1. The molecule has 3 rings (SSSR count). The van der Waals surface area contributed by atoms with Gasteiger partial charge in [-0.1, -0.05) is 51.1 Å². The average Bonchev–Trinajstić information content (AvgIpc) is 2.78. The first-order valence-corrected chi connectivity index (χ1v) is 8.25. The van der Waals surface area contributed by atoms with E-state index in [1.807, 2.05) is 30.3 Å². The van der Waals surface area contributed by atoms with Gasteiger partial charge in [-0.25, -0.2) is 0 Å². The second-order valence-electron chi connectivity index (χ2n) is 7.93. The molecule has 3 nitrogen and oxygen atoms in total. The quantitative estimate of drug-likeness (QED) is 0.887. The zero-order valence-corrected chi connectivity index (χ0v) is 13.6. The van der Waals surface area contributed by atoms with E-state index in [4.69, 9.17) is 0 Å². The maximum atomic E-state index is 11.9. The maximum absolute atomic E-state index is 11.9. The summed E-state index contributed by atoms with van der Waals surface area (Å²) >= 11 is 0. The van der Waals surface area contributed by atoms with Crippen molar-refractivity contribution in [3.05, 3.63) is 35.9 Å². The molecule has 22 heavy (non-hydrogen) atoms. The van der Waals surface area contributed by atoms with E-state index in [2.05, 4.69) is 20.8 Å². The van der Waals surface area contributed by atoms with E-state index >= 15 is 0 Å². The molecule has 0 saturated heterocycles. The molecule has 3 heteroatoms. The minimum absolute atomic E-state index is 0.0249. The third-order valence-corrected chi connectivity index (χ3v) is 6.95. The fourth-order valence-electron chi connectivity index (χ4n) is 5.40. The van der Waals surface area contributed by atoms with Crippen LogP contribution >= 0.6 is 0 Å². The van der Waals surface area contributed by atoms with E-state index < -0.39 is 12.1 Å². The Bertz CT molecular complexity index is 565. The number of carboxylic acid groups (broad SMARTS) is 1. The van der Waals surface area contributed by atoms with Gasteiger partial charge in [-0.3, -0.25) is 4.79 Å². The van der Waals surface area contributed by atoms with Crippen LogP contribution in [0.25, 0.3) is 0 Å². The summed E-state index contributed by atoms with van der Waals surface area (Å²) in [5.41, 5.74) is 0.749. The molecule has 2 aliphatic carbocycles. The van der Waals surface area contributed by atoms with Gasteiger partial charge in [0.05, 0.1) is 12.0 Å². The Morgan fingerprint density at radius 2 is 1.91 bits per heavy atom. The lowest BCUT2D eigenvalue weighted by Gasteiger charge is -2.38. The van der Waals surface area contributed by atoms with Crippen molar-refractivity contribution in [1.29, 1.82) is 0 Å². The second-order valence-corrected chi connectivity index (χ2v) is 7.93. The number of hydrogen-bond donors (Lipinski definition) is 2.